The maximum absolute atomic E-state index is 12.6. The second-order valence-corrected chi connectivity index (χ2v) is 9.53. The lowest BCUT2D eigenvalue weighted by Crippen LogP contribution is -2.37. The van der Waals surface area contributed by atoms with Crippen LogP contribution in [0.4, 0.5) is 0 Å². The van der Waals surface area contributed by atoms with E-state index in [1.807, 2.05) is 23.1 Å². The molecule has 7 heteroatoms. The van der Waals surface area contributed by atoms with E-state index in [0.29, 0.717) is 29.8 Å². The van der Waals surface area contributed by atoms with Gasteiger partial charge in [-0.25, -0.2) is 4.99 Å². The summed E-state index contributed by atoms with van der Waals surface area (Å²) in [6, 6.07) is 8.30. The number of hydrogen-bond acceptors (Lipinski definition) is 5. The number of thioether (sulfide) groups is 2. The van der Waals surface area contributed by atoms with Crippen molar-refractivity contribution in [1.82, 2.24) is 4.90 Å². The highest BCUT2D eigenvalue weighted by atomic mass is 32.2. The van der Waals surface area contributed by atoms with Gasteiger partial charge in [-0.05, 0) is 28.4 Å². The lowest BCUT2D eigenvalue weighted by Gasteiger charge is -2.28. The molecule has 0 radical (unpaired) electrons. The number of aliphatic imine (C=N–C) groups is 2. The molecule has 1 atom stereocenters. The van der Waals surface area contributed by atoms with Gasteiger partial charge >= 0.3 is 0 Å². The molecule has 0 N–H and O–H groups in total. The number of fused-ring (bicyclic) bond motifs is 2. The number of rotatable bonds is 5. The summed E-state index contributed by atoms with van der Waals surface area (Å²) in [7, 11) is 0. The predicted molar refractivity (Wildman–Crippen MR) is 117 cm³/mol. The third kappa shape index (κ3) is 4.10. The van der Waals surface area contributed by atoms with Crippen molar-refractivity contribution in [3.05, 3.63) is 46.4 Å². The first kappa shape index (κ1) is 19.5. The smallest absolute Gasteiger partial charge is 0.261 e. The second kappa shape index (κ2) is 8.25. The van der Waals surface area contributed by atoms with Crippen molar-refractivity contribution in [3.8, 4) is 0 Å². The van der Waals surface area contributed by atoms with Crippen LogP contribution in [0.1, 0.15) is 25.0 Å². The third-order valence-corrected chi connectivity index (χ3v) is 7.38. The summed E-state index contributed by atoms with van der Waals surface area (Å²) in [5, 5.41) is 0.832. The zero-order chi connectivity index (χ0) is 19.7. The van der Waals surface area contributed by atoms with Gasteiger partial charge in [-0.1, -0.05) is 56.0 Å². The first-order valence-electron chi connectivity index (χ1n) is 9.53. The lowest BCUT2D eigenvalue weighted by atomic mass is 10.00. The molecule has 1 unspecified atom stereocenters. The van der Waals surface area contributed by atoms with Crippen LogP contribution < -0.4 is 0 Å². The van der Waals surface area contributed by atoms with Crippen molar-refractivity contribution in [2.75, 3.05) is 18.1 Å². The number of carbonyl (C=O) groups is 2. The van der Waals surface area contributed by atoms with Gasteiger partial charge in [0.2, 0.25) is 5.91 Å². The van der Waals surface area contributed by atoms with E-state index in [2.05, 4.69) is 36.0 Å². The molecule has 0 aromatic heterocycles. The molecule has 3 heterocycles. The quantitative estimate of drug-likeness (QED) is 0.741. The monoisotopic (exact) mass is 413 g/mol. The fourth-order valence-corrected chi connectivity index (χ4v) is 5.38. The van der Waals surface area contributed by atoms with Crippen molar-refractivity contribution in [1.29, 1.82) is 0 Å². The zero-order valence-corrected chi connectivity index (χ0v) is 17.7. The predicted octanol–water partition coefficient (Wildman–Crippen LogP) is 3.54. The van der Waals surface area contributed by atoms with Crippen LogP contribution in [0.25, 0.3) is 0 Å². The van der Waals surface area contributed by atoms with E-state index < -0.39 is 0 Å². The van der Waals surface area contributed by atoms with E-state index in [-0.39, 0.29) is 17.7 Å². The molecule has 3 aliphatic heterocycles. The van der Waals surface area contributed by atoms with Crippen molar-refractivity contribution in [2.45, 2.75) is 26.8 Å². The molecule has 2 amide bonds. The Bertz CT molecular complexity index is 905. The molecular weight excluding hydrogens is 390 g/mol. The van der Waals surface area contributed by atoms with Crippen molar-refractivity contribution in [2.24, 2.45) is 21.8 Å². The molecule has 0 aliphatic carbocycles. The Hall–Kier alpha value is -1.86. The topological polar surface area (TPSA) is 62.1 Å². The Morgan fingerprint density at radius 3 is 2.86 bits per heavy atom. The number of amides is 2. The van der Waals surface area contributed by atoms with Crippen LogP contribution in [-0.2, 0) is 22.6 Å². The van der Waals surface area contributed by atoms with Gasteiger partial charge in [0.05, 0.1) is 16.5 Å². The van der Waals surface area contributed by atoms with Gasteiger partial charge in [0.1, 0.15) is 11.8 Å². The van der Waals surface area contributed by atoms with Crippen LogP contribution in [0.5, 0.6) is 0 Å². The summed E-state index contributed by atoms with van der Waals surface area (Å²) >= 11 is 3.07. The van der Waals surface area contributed by atoms with Crippen molar-refractivity contribution >= 4 is 46.2 Å². The maximum Gasteiger partial charge on any atom is 0.261 e. The Balaban J connectivity index is 1.30. The lowest BCUT2D eigenvalue weighted by molar-refractivity contribution is -0.129. The van der Waals surface area contributed by atoms with Crippen molar-refractivity contribution in [3.63, 3.8) is 0 Å². The molecule has 0 saturated heterocycles. The zero-order valence-electron chi connectivity index (χ0n) is 16.1. The van der Waals surface area contributed by atoms with E-state index in [1.54, 1.807) is 11.8 Å². The Labute approximate surface area is 173 Å². The summed E-state index contributed by atoms with van der Waals surface area (Å²) in [6.07, 6.45) is 2.90. The summed E-state index contributed by atoms with van der Waals surface area (Å²) in [4.78, 5) is 36.7. The first-order chi connectivity index (χ1) is 13.5. The molecule has 146 valence electrons. The van der Waals surface area contributed by atoms with Crippen LogP contribution in [0.2, 0.25) is 0 Å². The normalized spacial score (nSPS) is 21.1. The Morgan fingerprint density at radius 1 is 1.29 bits per heavy atom. The van der Waals surface area contributed by atoms with Gasteiger partial charge in [-0.3, -0.25) is 9.59 Å². The largest absolute Gasteiger partial charge is 0.337 e. The minimum absolute atomic E-state index is 0.131. The molecule has 0 saturated carbocycles. The number of hydrogen-bond donors (Lipinski definition) is 0. The molecule has 4 rings (SSSR count). The van der Waals surface area contributed by atoms with Gasteiger partial charge in [0.15, 0.2) is 0 Å². The average Bonchev–Trinajstić information content (AvgIpc) is 3.13. The Kier molecular flexibility index (Phi) is 5.73. The minimum atomic E-state index is -0.300. The van der Waals surface area contributed by atoms with Crippen LogP contribution >= 0.6 is 23.5 Å². The molecule has 3 aliphatic rings. The van der Waals surface area contributed by atoms with Crippen molar-refractivity contribution < 1.29 is 9.59 Å². The van der Waals surface area contributed by atoms with E-state index in [9.17, 15) is 9.59 Å². The number of benzene rings is 1. The minimum Gasteiger partial charge on any atom is -0.337 e. The van der Waals surface area contributed by atoms with E-state index in [4.69, 9.17) is 0 Å². The van der Waals surface area contributed by atoms with Crippen LogP contribution in [0.15, 0.2) is 45.2 Å². The summed E-state index contributed by atoms with van der Waals surface area (Å²) in [6.45, 7) is 5.67. The SMILES string of the molecule is CC(C)C1=CC2C(=O)N=C(CSCC(=O)N3CCc4ccccc4C3)N=C2S1. The Morgan fingerprint density at radius 2 is 2.07 bits per heavy atom. The van der Waals surface area contributed by atoms with E-state index in [0.717, 1.165) is 18.0 Å². The van der Waals surface area contributed by atoms with Gasteiger partial charge in [-0.15, -0.1) is 11.8 Å². The molecular formula is C21H23N3O2S2. The van der Waals surface area contributed by atoms with E-state index in [1.165, 1.54) is 27.8 Å². The highest BCUT2D eigenvalue weighted by Gasteiger charge is 2.34. The number of carbonyl (C=O) groups excluding carboxylic acids is 2. The summed E-state index contributed by atoms with van der Waals surface area (Å²) < 4.78 is 0. The fourth-order valence-electron chi connectivity index (χ4n) is 3.48. The van der Waals surface area contributed by atoms with Gasteiger partial charge < -0.3 is 4.90 Å². The standard InChI is InChI=1S/C21H23N3O2S2/c1-13(2)17-9-16-20(26)22-18(23-21(16)28-17)11-27-12-19(25)24-8-7-14-5-3-4-6-15(14)10-24/h3-6,9,13,16H,7-8,10-12H2,1-2H3. The van der Waals surface area contributed by atoms with Gasteiger partial charge in [0.25, 0.3) is 5.91 Å². The second-order valence-electron chi connectivity index (χ2n) is 7.45. The molecule has 0 fully saturated rings. The molecule has 5 nitrogen and oxygen atoms in total. The molecule has 0 spiro atoms. The van der Waals surface area contributed by atoms with E-state index >= 15 is 0 Å². The maximum atomic E-state index is 12.6. The number of nitrogens with zero attached hydrogens (tertiary/aromatic N) is 3. The highest BCUT2D eigenvalue weighted by molar-refractivity contribution is 8.17. The van der Waals surface area contributed by atoms with Crippen LogP contribution in [-0.4, -0.2) is 45.6 Å². The summed E-state index contributed by atoms with van der Waals surface area (Å²) in [5.41, 5.74) is 2.57. The first-order valence-corrected chi connectivity index (χ1v) is 11.5. The average molecular weight is 414 g/mol. The molecule has 0 bridgehead atoms. The molecule has 28 heavy (non-hydrogen) atoms. The van der Waals surface area contributed by atoms with Crippen LogP contribution in [0.3, 0.4) is 0 Å². The third-order valence-electron chi connectivity index (χ3n) is 5.07. The summed E-state index contributed by atoms with van der Waals surface area (Å²) in [5.74, 6) is 1.47. The highest BCUT2D eigenvalue weighted by Crippen LogP contribution is 2.38. The van der Waals surface area contributed by atoms with Crippen LogP contribution in [0, 0.1) is 11.8 Å². The van der Waals surface area contributed by atoms with Gasteiger partial charge in [0, 0.05) is 13.1 Å². The number of allylic oxidation sites excluding steroid dienone is 1. The fraction of sp³-hybridized carbons (Fsp3) is 0.429. The number of amidine groups is 1. The molecule has 1 aromatic carbocycles. The molecule has 1 aromatic rings. The van der Waals surface area contributed by atoms with Gasteiger partial charge in [-0.2, -0.15) is 4.99 Å².